The van der Waals surface area contributed by atoms with Gasteiger partial charge in [0.15, 0.2) is 5.82 Å². The first-order valence-electron chi connectivity index (χ1n) is 15.2. The number of aromatic nitrogens is 5. The third-order valence-corrected chi connectivity index (χ3v) is 9.35. The summed E-state index contributed by atoms with van der Waals surface area (Å²) in [6.07, 6.45) is 1.50. The number of hydrogen-bond acceptors (Lipinski definition) is 9. The largest absolute Gasteiger partial charge is 0.369 e. The van der Waals surface area contributed by atoms with Gasteiger partial charge in [-0.25, -0.2) is 9.97 Å². The first-order chi connectivity index (χ1) is 22.0. The standard InChI is InChI=1S/C34H35N9OS/c1-4-41-15-17-42(18-16-41)26-13-11-24(12-14-26)38-33-32-31(35-21-36-33)27(20-45-32)34(44)39-28-9-6-10-29-30(28)23(3)40-43(29)19-25-8-5-7-22(2)37-25/h5-14,20-21H,4,15-19H2,1-3H3,(H,39,44)(H,35,36,38). The lowest BCUT2D eigenvalue weighted by Crippen LogP contribution is -2.46. The number of likely N-dealkylation sites (N-methyl/N-ethyl adjacent to an activating group) is 1. The highest BCUT2D eigenvalue weighted by Gasteiger charge is 2.20. The van der Waals surface area contributed by atoms with Crippen LogP contribution in [0.2, 0.25) is 0 Å². The molecule has 7 rings (SSSR count). The van der Waals surface area contributed by atoms with Crippen molar-refractivity contribution in [2.45, 2.75) is 27.3 Å². The Morgan fingerprint density at radius 2 is 1.76 bits per heavy atom. The van der Waals surface area contributed by atoms with E-state index in [2.05, 4.69) is 66.6 Å². The van der Waals surface area contributed by atoms with E-state index >= 15 is 0 Å². The topological polar surface area (TPSA) is 104 Å². The van der Waals surface area contributed by atoms with Crippen molar-refractivity contribution >= 4 is 61.2 Å². The fourth-order valence-corrected chi connectivity index (χ4v) is 6.94. The number of anilines is 4. The molecule has 2 N–H and O–H groups in total. The fourth-order valence-electron chi connectivity index (χ4n) is 5.99. The molecule has 2 aromatic carbocycles. The van der Waals surface area contributed by atoms with Crippen LogP contribution in [0, 0.1) is 13.8 Å². The molecule has 0 bridgehead atoms. The van der Waals surface area contributed by atoms with Crippen LogP contribution in [0.15, 0.2) is 72.4 Å². The van der Waals surface area contributed by atoms with E-state index in [9.17, 15) is 4.79 Å². The summed E-state index contributed by atoms with van der Waals surface area (Å²) >= 11 is 1.46. The highest BCUT2D eigenvalue weighted by atomic mass is 32.1. The van der Waals surface area contributed by atoms with Crippen LogP contribution in [0.3, 0.4) is 0 Å². The average Bonchev–Trinajstić information content (AvgIpc) is 3.64. The highest BCUT2D eigenvalue weighted by molar-refractivity contribution is 7.18. The Hall–Kier alpha value is -4.87. The number of carbonyl (C=O) groups excluding carboxylic acids is 1. The van der Waals surface area contributed by atoms with E-state index in [1.54, 1.807) is 0 Å². The van der Waals surface area contributed by atoms with Gasteiger partial charge in [-0.05, 0) is 68.9 Å². The van der Waals surface area contributed by atoms with E-state index in [1.165, 1.54) is 23.4 Å². The second-order valence-electron chi connectivity index (χ2n) is 11.3. The molecule has 228 valence electrons. The van der Waals surface area contributed by atoms with Crippen LogP contribution in [-0.4, -0.2) is 68.3 Å². The Labute approximate surface area is 265 Å². The van der Waals surface area contributed by atoms with Gasteiger partial charge in [0, 0.05) is 54.0 Å². The van der Waals surface area contributed by atoms with Crippen LogP contribution in [0.1, 0.15) is 34.4 Å². The van der Waals surface area contributed by atoms with Crippen molar-refractivity contribution in [2.24, 2.45) is 0 Å². The summed E-state index contributed by atoms with van der Waals surface area (Å²) in [5.74, 6) is 0.454. The van der Waals surface area contributed by atoms with E-state index in [0.29, 0.717) is 29.1 Å². The number of hydrogen-bond donors (Lipinski definition) is 2. The van der Waals surface area contributed by atoms with Crippen LogP contribution < -0.4 is 15.5 Å². The number of amides is 1. The monoisotopic (exact) mass is 617 g/mol. The van der Waals surface area contributed by atoms with E-state index in [0.717, 1.165) is 71.1 Å². The lowest BCUT2D eigenvalue weighted by molar-refractivity contribution is 0.102. The molecule has 1 aliphatic rings. The van der Waals surface area contributed by atoms with Crippen molar-refractivity contribution in [1.82, 2.24) is 29.6 Å². The molecule has 0 saturated carbocycles. The number of nitrogens with one attached hydrogen (secondary N) is 2. The Morgan fingerprint density at radius 3 is 2.53 bits per heavy atom. The molecule has 1 aliphatic heterocycles. The molecular formula is C34H35N9OS. The fraction of sp³-hybridized carbons (Fsp3) is 0.265. The first kappa shape index (κ1) is 28.9. The van der Waals surface area contributed by atoms with Crippen molar-refractivity contribution in [3.05, 3.63) is 95.0 Å². The normalized spacial score (nSPS) is 13.9. The minimum Gasteiger partial charge on any atom is -0.369 e. The summed E-state index contributed by atoms with van der Waals surface area (Å²) in [4.78, 5) is 32.2. The molecule has 11 heteroatoms. The van der Waals surface area contributed by atoms with Crippen LogP contribution in [0.4, 0.5) is 22.9 Å². The van der Waals surface area contributed by atoms with Crippen molar-refractivity contribution < 1.29 is 4.79 Å². The number of pyridine rings is 1. The summed E-state index contributed by atoms with van der Waals surface area (Å²) in [5.41, 5.74) is 7.67. The second-order valence-corrected chi connectivity index (χ2v) is 12.2. The summed E-state index contributed by atoms with van der Waals surface area (Å²) < 4.78 is 2.77. The summed E-state index contributed by atoms with van der Waals surface area (Å²) in [5, 5.41) is 14.1. The molecule has 0 aliphatic carbocycles. The van der Waals surface area contributed by atoms with E-state index in [-0.39, 0.29) is 5.91 Å². The van der Waals surface area contributed by atoms with Gasteiger partial charge in [0.2, 0.25) is 0 Å². The molecule has 0 atom stereocenters. The summed E-state index contributed by atoms with van der Waals surface area (Å²) in [6.45, 7) is 12.1. The minimum atomic E-state index is -0.224. The molecule has 45 heavy (non-hydrogen) atoms. The highest BCUT2D eigenvalue weighted by Crippen LogP contribution is 2.33. The van der Waals surface area contributed by atoms with Gasteiger partial charge >= 0.3 is 0 Å². The molecule has 6 aromatic rings. The van der Waals surface area contributed by atoms with Gasteiger partial charge in [0.25, 0.3) is 5.91 Å². The number of carbonyl (C=O) groups is 1. The lowest BCUT2D eigenvalue weighted by atomic mass is 10.1. The molecule has 0 unspecified atom stereocenters. The Kier molecular flexibility index (Phi) is 7.86. The van der Waals surface area contributed by atoms with Crippen LogP contribution in [0.25, 0.3) is 21.1 Å². The number of rotatable bonds is 8. The predicted molar refractivity (Wildman–Crippen MR) is 182 cm³/mol. The SMILES string of the molecule is CCN1CCN(c2ccc(Nc3ncnc4c(C(=O)Nc5cccc6c5c(C)nn6Cc5cccc(C)n5)csc34)cc2)CC1. The molecule has 1 saturated heterocycles. The minimum absolute atomic E-state index is 0.224. The van der Waals surface area contributed by atoms with Crippen LogP contribution in [0.5, 0.6) is 0 Å². The first-order valence-corrected chi connectivity index (χ1v) is 16.1. The Bertz CT molecular complexity index is 1990. The number of benzene rings is 2. The molecule has 1 fully saturated rings. The molecule has 1 amide bonds. The molecule has 5 heterocycles. The average molecular weight is 618 g/mol. The van der Waals surface area contributed by atoms with Gasteiger partial charge in [0.05, 0.1) is 44.9 Å². The Morgan fingerprint density at radius 1 is 0.956 bits per heavy atom. The summed E-state index contributed by atoms with van der Waals surface area (Å²) in [6, 6.07) is 20.3. The molecule has 0 radical (unpaired) electrons. The molecule has 4 aromatic heterocycles. The lowest BCUT2D eigenvalue weighted by Gasteiger charge is -2.35. The predicted octanol–water partition coefficient (Wildman–Crippen LogP) is 6.24. The van der Waals surface area contributed by atoms with Crippen LogP contribution in [-0.2, 0) is 6.54 Å². The number of piperazine rings is 1. The third-order valence-electron chi connectivity index (χ3n) is 8.37. The van der Waals surface area contributed by atoms with Gasteiger partial charge in [-0.3, -0.25) is 14.5 Å². The van der Waals surface area contributed by atoms with Gasteiger partial charge in [-0.1, -0.05) is 19.1 Å². The van der Waals surface area contributed by atoms with Crippen molar-refractivity contribution in [2.75, 3.05) is 48.3 Å². The van der Waals surface area contributed by atoms with E-state index in [4.69, 9.17) is 5.10 Å². The van der Waals surface area contributed by atoms with Gasteiger partial charge in [-0.15, -0.1) is 11.3 Å². The zero-order valence-electron chi connectivity index (χ0n) is 25.6. The number of thiophene rings is 1. The number of nitrogens with zero attached hydrogens (tertiary/aromatic N) is 7. The van der Waals surface area contributed by atoms with Crippen molar-refractivity contribution in [1.29, 1.82) is 0 Å². The van der Waals surface area contributed by atoms with Gasteiger partial charge in [0.1, 0.15) is 6.33 Å². The molecular weight excluding hydrogens is 583 g/mol. The maximum absolute atomic E-state index is 13.6. The second kappa shape index (κ2) is 12.3. The zero-order valence-corrected chi connectivity index (χ0v) is 26.4. The number of aryl methyl sites for hydroxylation is 2. The smallest absolute Gasteiger partial charge is 0.258 e. The van der Waals surface area contributed by atoms with Crippen molar-refractivity contribution in [3.63, 3.8) is 0 Å². The molecule has 10 nitrogen and oxygen atoms in total. The Balaban J connectivity index is 1.09. The quantitative estimate of drug-likeness (QED) is 0.207. The number of fused-ring (bicyclic) bond motifs is 2. The van der Waals surface area contributed by atoms with E-state index < -0.39 is 0 Å². The van der Waals surface area contributed by atoms with E-state index in [1.807, 2.05) is 60.3 Å². The van der Waals surface area contributed by atoms with Crippen molar-refractivity contribution in [3.8, 4) is 0 Å². The van der Waals surface area contributed by atoms with Crippen LogP contribution >= 0.6 is 11.3 Å². The van der Waals surface area contributed by atoms with Gasteiger partial charge in [-0.2, -0.15) is 5.10 Å². The maximum atomic E-state index is 13.6. The maximum Gasteiger partial charge on any atom is 0.258 e. The third kappa shape index (κ3) is 5.84. The zero-order chi connectivity index (χ0) is 30.9. The summed E-state index contributed by atoms with van der Waals surface area (Å²) in [7, 11) is 0. The molecule has 0 spiro atoms. The van der Waals surface area contributed by atoms with Gasteiger partial charge < -0.3 is 20.4 Å².